The van der Waals surface area contributed by atoms with Crippen molar-refractivity contribution in [1.29, 1.82) is 0 Å². The highest BCUT2D eigenvalue weighted by atomic mass is 32.1. The SMILES string of the molecule is O=c1[nH]c2cc3c(cc2cc1CN(Cc1cccs1)C(=S)NCCCN1CCOCC1)OCO3. The maximum Gasteiger partial charge on any atom is 0.253 e. The molecule has 0 unspecified atom stereocenters. The Kier molecular flexibility index (Phi) is 7.29. The average Bonchev–Trinajstić information content (AvgIpc) is 3.53. The monoisotopic (exact) mass is 500 g/mol. The summed E-state index contributed by atoms with van der Waals surface area (Å²) in [5.74, 6) is 1.34. The van der Waals surface area contributed by atoms with E-state index in [2.05, 4.69) is 31.5 Å². The number of hydrogen-bond donors (Lipinski definition) is 2. The highest BCUT2D eigenvalue weighted by Gasteiger charge is 2.18. The summed E-state index contributed by atoms with van der Waals surface area (Å²) in [6.45, 7) is 6.64. The van der Waals surface area contributed by atoms with Crippen LogP contribution in [0.5, 0.6) is 11.5 Å². The Hall–Kier alpha value is -2.66. The first-order chi connectivity index (χ1) is 16.7. The van der Waals surface area contributed by atoms with E-state index in [0.717, 1.165) is 56.7 Å². The van der Waals surface area contributed by atoms with Gasteiger partial charge in [-0.15, -0.1) is 11.3 Å². The van der Waals surface area contributed by atoms with E-state index in [9.17, 15) is 4.79 Å². The predicted octanol–water partition coefficient (Wildman–Crippen LogP) is 2.92. The van der Waals surface area contributed by atoms with Crippen LogP contribution >= 0.6 is 23.6 Å². The Labute approximate surface area is 207 Å². The van der Waals surface area contributed by atoms with Crippen molar-refractivity contribution in [1.82, 2.24) is 20.1 Å². The molecule has 2 aliphatic rings. The number of ether oxygens (including phenoxy) is 3. The van der Waals surface area contributed by atoms with Gasteiger partial charge in [0.2, 0.25) is 6.79 Å². The fraction of sp³-hybridized carbons (Fsp3) is 0.417. The van der Waals surface area contributed by atoms with Crippen LogP contribution in [0.2, 0.25) is 0 Å². The van der Waals surface area contributed by atoms with Crippen LogP contribution in [0.15, 0.2) is 40.5 Å². The molecule has 3 aromatic rings. The maximum atomic E-state index is 12.9. The molecule has 0 aliphatic carbocycles. The van der Waals surface area contributed by atoms with Gasteiger partial charge < -0.3 is 29.4 Å². The lowest BCUT2D eigenvalue weighted by atomic mass is 10.1. The molecule has 4 heterocycles. The van der Waals surface area contributed by atoms with Gasteiger partial charge in [-0.1, -0.05) is 6.07 Å². The zero-order valence-electron chi connectivity index (χ0n) is 18.9. The molecule has 10 heteroatoms. The summed E-state index contributed by atoms with van der Waals surface area (Å²) in [7, 11) is 0. The van der Waals surface area contributed by atoms with Crippen molar-refractivity contribution in [2.24, 2.45) is 0 Å². The van der Waals surface area contributed by atoms with Crippen molar-refractivity contribution in [3.05, 3.63) is 56.5 Å². The lowest BCUT2D eigenvalue weighted by Crippen LogP contribution is -2.41. The molecular weight excluding hydrogens is 472 g/mol. The van der Waals surface area contributed by atoms with Gasteiger partial charge in [-0.3, -0.25) is 9.69 Å². The van der Waals surface area contributed by atoms with Crippen LogP contribution in [-0.2, 0) is 17.8 Å². The number of thiophene rings is 1. The van der Waals surface area contributed by atoms with E-state index in [4.69, 9.17) is 26.4 Å². The first-order valence-electron chi connectivity index (χ1n) is 11.5. The summed E-state index contributed by atoms with van der Waals surface area (Å²) in [5, 5.41) is 7.01. The molecule has 0 amide bonds. The first-order valence-corrected chi connectivity index (χ1v) is 12.8. The number of H-pyrrole nitrogens is 1. The summed E-state index contributed by atoms with van der Waals surface area (Å²) in [4.78, 5) is 21.5. The Balaban J connectivity index is 1.28. The number of pyridine rings is 1. The van der Waals surface area contributed by atoms with Gasteiger partial charge in [-0.2, -0.15) is 0 Å². The third-order valence-corrected chi connectivity index (χ3v) is 7.28. The Morgan fingerprint density at radius 2 is 2.00 bits per heavy atom. The van der Waals surface area contributed by atoms with E-state index in [-0.39, 0.29) is 12.4 Å². The van der Waals surface area contributed by atoms with E-state index in [1.54, 1.807) is 11.3 Å². The standard InChI is InChI=1S/C24H28N4O4S2/c29-23-18(11-17-12-21-22(32-16-31-21)13-20(17)26-23)14-28(15-19-3-1-10-34-19)24(33)25-4-2-5-27-6-8-30-9-7-27/h1,3,10-13H,2,4-9,14-16H2,(H,25,33)(H,26,29). The van der Waals surface area contributed by atoms with Crippen LogP contribution in [-0.4, -0.2) is 66.1 Å². The van der Waals surface area contributed by atoms with Crippen molar-refractivity contribution >= 4 is 39.6 Å². The van der Waals surface area contributed by atoms with Gasteiger partial charge in [-0.05, 0) is 48.8 Å². The van der Waals surface area contributed by atoms with Crippen molar-refractivity contribution in [2.45, 2.75) is 19.5 Å². The number of fused-ring (bicyclic) bond motifs is 2. The topological polar surface area (TPSA) is 79.1 Å². The number of nitrogens with one attached hydrogen (secondary N) is 2. The normalized spacial score (nSPS) is 15.5. The Bertz CT molecular complexity index is 1190. The number of nitrogens with zero attached hydrogens (tertiary/aromatic N) is 2. The molecule has 0 bridgehead atoms. The molecule has 0 saturated carbocycles. The van der Waals surface area contributed by atoms with Crippen LogP contribution in [0, 0.1) is 0 Å². The maximum absolute atomic E-state index is 12.9. The van der Waals surface area contributed by atoms with Crippen LogP contribution in [0.25, 0.3) is 10.9 Å². The molecule has 2 N–H and O–H groups in total. The van der Waals surface area contributed by atoms with Gasteiger partial charge in [0.15, 0.2) is 16.6 Å². The van der Waals surface area contributed by atoms with E-state index in [1.807, 2.05) is 24.3 Å². The molecule has 1 fully saturated rings. The van der Waals surface area contributed by atoms with E-state index in [0.29, 0.717) is 35.3 Å². The number of morpholine rings is 1. The van der Waals surface area contributed by atoms with Crippen LogP contribution in [0.3, 0.4) is 0 Å². The number of thiocarbonyl (C=S) groups is 1. The molecule has 180 valence electrons. The van der Waals surface area contributed by atoms with Crippen LogP contribution < -0.4 is 20.3 Å². The molecule has 2 aromatic heterocycles. The van der Waals surface area contributed by atoms with Crippen molar-refractivity contribution < 1.29 is 14.2 Å². The number of hydrogen-bond acceptors (Lipinski definition) is 7. The second-order valence-electron chi connectivity index (χ2n) is 8.39. The van der Waals surface area contributed by atoms with Gasteiger partial charge >= 0.3 is 0 Å². The summed E-state index contributed by atoms with van der Waals surface area (Å²) in [6.07, 6.45) is 0.997. The highest BCUT2D eigenvalue weighted by molar-refractivity contribution is 7.80. The van der Waals surface area contributed by atoms with Gasteiger partial charge in [0, 0.05) is 41.5 Å². The zero-order valence-corrected chi connectivity index (χ0v) is 20.5. The average molecular weight is 501 g/mol. The fourth-order valence-corrected chi connectivity index (χ4v) is 5.14. The van der Waals surface area contributed by atoms with Gasteiger partial charge in [0.25, 0.3) is 5.56 Å². The molecule has 5 rings (SSSR count). The van der Waals surface area contributed by atoms with Gasteiger partial charge in [0.1, 0.15) is 0 Å². The molecule has 8 nitrogen and oxygen atoms in total. The summed E-state index contributed by atoms with van der Waals surface area (Å²) >= 11 is 7.44. The summed E-state index contributed by atoms with van der Waals surface area (Å²) < 4.78 is 16.3. The highest BCUT2D eigenvalue weighted by Crippen LogP contribution is 2.35. The van der Waals surface area contributed by atoms with Crippen molar-refractivity contribution in [3.63, 3.8) is 0 Å². The van der Waals surface area contributed by atoms with E-state index in [1.165, 1.54) is 4.88 Å². The lowest BCUT2D eigenvalue weighted by molar-refractivity contribution is 0.0376. The van der Waals surface area contributed by atoms with Crippen LogP contribution in [0.1, 0.15) is 16.9 Å². The smallest absolute Gasteiger partial charge is 0.253 e. The number of benzene rings is 1. The van der Waals surface area contributed by atoms with E-state index >= 15 is 0 Å². The molecule has 1 saturated heterocycles. The zero-order chi connectivity index (χ0) is 23.3. The third kappa shape index (κ3) is 5.52. The Morgan fingerprint density at radius 1 is 1.18 bits per heavy atom. The lowest BCUT2D eigenvalue weighted by Gasteiger charge is -2.28. The first kappa shape index (κ1) is 23.1. The molecule has 34 heavy (non-hydrogen) atoms. The molecule has 0 radical (unpaired) electrons. The van der Waals surface area contributed by atoms with Crippen molar-refractivity contribution in [2.75, 3.05) is 46.2 Å². The minimum absolute atomic E-state index is 0.127. The molecule has 0 spiro atoms. The second-order valence-corrected chi connectivity index (χ2v) is 9.81. The van der Waals surface area contributed by atoms with Gasteiger partial charge in [0.05, 0.1) is 31.8 Å². The minimum Gasteiger partial charge on any atom is -0.454 e. The third-order valence-electron chi connectivity index (χ3n) is 6.02. The van der Waals surface area contributed by atoms with Crippen molar-refractivity contribution in [3.8, 4) is 11.5 Å². The second kappa shape index (κ2) is 10.7. The quantitative estimate of drug-likeness (QED) is 0.361. The molecule has 2 aliphatic heterocycles. The summed E-state index contributed by atoms with van der Waals surface area (Å²) in [5.41, 5.74) is 1.25. The Morgan fingerprint density at radius 3 is 2.79 bits per heavy atom. The fourth-order valence-electron chi connectivity index (χ4n) is 4.19. The molecule has 1 aromatic carbocycles. The number of rotatable bonds is 8. The van der Waals surface area contributed by atoms with Gasteiger partial charge in [-0.25, -0.2) is 0 Å². The minimum atomic E-state index is -0.127. The largest absolute Gasteiger partial charge is 0.454 e. The van der Waals surface area contributed by atoms with Crippen LogP contribution in [0.4, 0.5) is 0 Å². The predicted molar refractivity (Wildman–Crippen MR) is 137 cm³/mol. The molecule has 0 atom stereocenters. The number of aromatic amines is 1. The molecular formula is C24H28N4O4S2. The summed E-state index contributed by atoms with van der Waals surface area (Å²) in [6, 6.07) is 9.75. The van der Waals surface area contributed by atoms with E-state index < -0.39 is 0 Å². The number of aromatic nitrogens is 1.